The first-order valence-electron chi connectivity index (χ1n) is 6.47. The predicted molar refractivity (Wildman–Crippen MR) is 80.7 cm³/mol. The van der Waals surface area contributed by atoms with Gasteiger partial charge in [0.05, 0.1) is 12.8 Å². The van der Waals surface area contributed by atoms with Crippen LogP contribution >= 0.6 is 0 Å². The van der Waals surface area contributed by atoms with E-state index < -0.39 is 5.97 Å². The maximum absolute atomic E-state index is 10.9. The fourth-order valence-corrected chi connectivity index (χ4v) is 2.05. The Labute approximate surface area is 125 Å². The van der Waals surface area contributed by atoms with E-state index in [2.05, 4.69) is 9.97 Å². The fourth-order valence-electron chi connectivity index (χ4n) is 2.05. The maximum Gasteiger partial charge on any atom is 0.354 e. The topological polar surface area (TPSA) is 85.5 Å². The number of carboxylic acid groups (broad SMARTS) is 1. The Morgan fingerprint density at radius 2 is 2.14 bits per heavy atom. The van der Waals surface area contributed by atoms with Crippen molar-refractivity contribution in [2.24, 2.45) is 0 Å². The predicted octanol–water partition coefficient (Wildman–Crippen LogP) is 3.10. The lowest BCUT2D eigenvalue weighted by molar-refractivity contribution is 0.0690. The molecule has 0 aliphatic heterocycles. The first-order valence-corrected chi connectivity index (χ1v) is 6.47. The minimum Gasteiger partial charge on any atom is -0.493 e. The van der Waals surface area contributed by atoms with Crippen LogP contribution in [0.4, 0.5) is 0 Å². The van der Waals surface area contributed by atoms with Crippen molar-refractivity contribution in [3.05, 3.63) is 53.8 Å². The van der Waals surface area contributed by atoms with E-state index in [0.717, 1.165) is 5.39 Å². The summed E-state index contributed by atoms with van der Waals surface area (Å²) in [6, 6.07) is 8.89. The normalized spacial score (nSPS) is 11.1. The van der Waals surface area contributed by atoms with Crippen LogP contribution in [0.15, 0.2) is 41.1 Å². The van der Waals surface area contributed by atoms with Gasteiger partial charge < -0.3 is 14.3 Å². The molecule has 0 fully saturated rings. The molecule has 2 aromatic heterocycles. The first-order chi connectivity index (χ1) is 10.7. The van der Waals surface area contributed by atoms with Gasteiger partial charge in [-0.25, -0.2) is 14.8 Å². The average Bonchev–Trinajstić information content (AvgIpc) is 2.96. The number of aromatic carboxylic acids is 1. The van der Waals surface area contributed by atoms with Gasteiger partial charge in [-0.3, -0.25) is 0 Å². The van der Waals surface area contributed by atoms with Crippen molar-refractivity contribution in [1.82, 2.24) is 9.97 Å². The van der Waals surface area contributed by atoms with E-state index in [0.29, 0.717) is 22.8 Å². The Balaban J connectivity index is 1.92. The van der Waals surface area contributed by atoms with Gasteiger partial charge in [0.1, 0.15) is 12.1 Å². The third-order valence-corrected chi connectivity index (χ3v) is 3.07. The van der Waals surface area contributed by atoms with Crippen LogP contribution in [0.5, 0.6) is 5.75 Å². The smallest absolute Gasteiger partial charge is 0.354 e. The van der Waals surface area contributed by atoms with Gasteiger partial charge in [0.2, 0.25) is 0 Å². The summed E-state index contributed by atoms with van der Waals surface area (Å²) in [7, 11) is 1.58. The summed E-state index contributed by atoms with van der Waals surface area (Å²) in [5, 5.41) is 9.82. The highest BCUT2D eigenvalue weighted by Crippen LogP contribution is 2.29. The molecule has 22 heavy (non-hydrogen) atoms. The Hall–Kier alpha value is -3.15. The van der Waals surface area contributed by atoms with Gasteiger partial charge in [0, 0.05) is 5.39 Å². The molecule has 3 aromatic rings. The standard InChI is InChI=1S/C16H12N2O4/c1-21-14-4-2-3-10-7-12(22-15(10)14)6-5-11-8-13(16(19)20)18-9-17-11/h2-9H,1H3,(H,19,20)/b6-5+. The number of para-hydroxylation sites is 1. The van der Waals surface area contributed by atoms with Gasteiger partial charge in [0.25, 0.3) is 0 Å². The van der Waals surface area contributed by atoms with Crippen molar-refractivity contribution in [1.29, 1.82) is 0 Å². The van der Waals surface area contributed by atoms with Crippen LogP contribution in [-0.4, -0.2) is 28.2 Å². The second kappa shape index (κ2) is 5.69. The summed E-state index contributed by atoms with van der Waals surface area (Å²) in [5.41, 5.74) is 1.10. The summed E-state index contributed by atoms with van der Waals surface area (Å²) in [6.45, 7) is 0. The van der Waals surface area contributed by atoms with E-state index in [1.54, 1.807) is 19.3 Å². The molecule has 1 aromatic carbocycles. The molecule has 0 unspecified atom stereocenters. The maximum atomic E-state index is 10.9. The molecule has 0 amide bonds. The number of nitrogens with zero attached hydrogens (tertiary/aromatic N) is 2. The van der Waals surface area contributed by atoms with Gasteiger partial charge in [-0.2, -0.15) is 0 Å². The highest BCUT2D eigenvalue weighted by Gasteiger charge is 2.07. The SMILES string of the molecule is COc1cccc2cc(/C=C/c3cc(C(=O)O)ncn3)oc12. The van der Waals surface area contributed by atoms with Crippen molar-refractivity contribution in [3.63, 3.8) is 0 Å². The lowest BCUT2D eigenvalue weighted by atomic mass is 10.2. The molecule has 110 valence electrons. The molecule has 0 radical (unpaired) electrons. The zero-order valence-electron chi connectivity index (χ0n) is 11.7. The Morgan fingerprint density at radius 3 is 2.91 bits per heavy atom. The number of methoxy groups -OCH3 is 1. The molecule has 0 atom stereocenters. The number of furan rings is 1. The second-order valence-corrected chi connectivity index (χ2v) is 4.49. The van der Waals surface area contributed by atoms with Crippen LogP contribution in [0.2, 0.25) is 0 Å². The largest absolute Gasteiger partial charge is 0.493 e. The first kappa shape index (κ1) is 13.8. The summed E-state index contributed by atoms with van der Waals surface area (Å²) >= 11 is 0. The zero-order chi connectivity index (χ0) is 15.5. The van der Waals surface area contributed by atoms with Crippen LogP contribution in [0.25, 0.3) is 23.1 Å². The number of carboxylic acids is 1. The van der Waals surface area contributed by atoms with Gasteiger partial charge in [-0.1, -0.05) is 12.1 Å². The lowest BCUT2D eigenvalue weighted by Gasteiger charge is -1.98. The van der Waals surface area contributed by atoms with Crippen molar-refractivity contribution in [3.8, 4) is 5.75 Å². The highest BCUT2D eigenvalue weighted by molar-refractivity contribution is 5.87. The number of carbonyl (C=O) groups is 1. The Morgan fingerprint density at radius 1 is 1.27 bits per heavy atom. The van der Waals surface area contributed by atoms with E-state index in [1.807, 2.05) is 24.3 Å². The van der Waals surface area contributed by atoms with Crippen molar-refractivity contribution in [2.75, 3.05) is 7.11 Å². The van der Waals surface area contributed by atoms with Crippen LogP contribution in [0.3, 0.4) is 0 Å². The van der Waals surface area contributed by atoms with Crippen molar-refractivity contribution < 1.29 is 19.1 Å². The van der Waals surface area contributed by atoms with Gasteiger partial charge >= 0.3 is 5.97 Å². The molecular formula is C16H12N2O4. The van der Waals surface area contributed by atoms with E-state index >= 15 is 0 Å². The molecule has 0 saturated heterocycles. The summed E-state index contributed by atoms with van der Waals surface area (Å²) < 4.78 is 11.0. The average molecular weight is 296 g/mol. The lowest BCUT2D eigenvalue weighted by Crippen LogP contribution is -2.00. The molecule has 1 N–H and O–H groups in total. The van der Waals surface area contributed by atoms with Gasteiger partial charge in [0.15, 0.2) is 17.0 Å². The monoisotopic (exact) mass is 296 g/mol. The summed E-state index contributed by atoms with van der Waals surface area (Å²) in [5.74, 6) is 0.188. The number of benzene rings is 1. The third-order valence-electron chi connectivity index (χ3n) is 3.07. The summed E-state index contributed by atoms with van der Waals surface area (Å²) in [6.07, 6.45) is 4.59. The minimum atomic E-state index is -1.09. The molecule has 6 heteroatoms. The number of rotatable bonds is 4. The van der Waals surface area contributed by atoms with E-state index in [-0.39, 0.29) is 5.69 Å². The Bertz CT molecular complexity index is 867. The Kier molecular flexibility index (Phi) is 3.57. The van der Waals surface area contributed by atoms with Crippen molar-refractivity contribution in [2.45, 2.75) is 0 Å². The number of hydrogen-bond acceptors (Lipinski definition) is 5. The van der Waals surface area contributed by atoms with Gasteiger partial charge in [-0.05, 0) is 30.4 Å². The second-order valence-electron chi connectivity index (χ2n) is 4.49. The zero-order valence-corrected chi connectivity index (χ0v) is 11.7. The molecule has 3 rings (SSSR count). The number of aromatic nitrogens is 2. The van der Waals surface area contributed by atoms with Crippen LogP contribution in [0.1, 0.15) is 21.9 Å². The number of hydrogen-bond donors (Lipinski definition) is 1. The molecule has 0 spiro atoms. The van der Waals surface area contributed by atoms with E-state index in [1.165, 1.54) is 12.4 Å². The molecule has 0 aliphatic rings. The molecule has 0 saturated carbocycles. The van der Waals surface area contributed by atoms with E-state index in [9.17, 15) is 4.79 Å². The third kappa shape index (κ3) is 2.67. The van der Waals surface area contributed by atoms with Crippen molar-refractivity contribution >= 4 is 29.1 Å². The molecule has 0 bridgehead atoms. The molecule has 2 heterocycles. The van der Waals surface area contributed by atoms with Crippen LogP contribution in [0, 0.1) is 0 Å². The van der Waals surface area contributed by atoms with Crippen LogP contribution < -0.4 is 4.74 Å². The molecule has 0 aliphatic carbocycles. The number of ether oxygens (including phenoxy) is 1. The highest BCUT2D eigenvalue weighted by atomic mass is 16.5. The minimum absolute atomic E-state index is 0.0547. The van der Waals surface area contributed by atoms with Gasteiger partial charge in [-0.15, -0.1) is 0 Å². The van der Waals surface area contributed by atoms with E-state index in [4.69, 9.17) is 14.3 Å². The molecule has 6 nitrogen and oxygen atoms in total. The quantitative estimate of drug-likeness (QED) is 0.796. The number of fused-ring (bicyclic) bond motifs is 1. The summed E-state index contributed by atoms with van der Waals surface area (Å²) in [4.78, 5) is 18.5. The fraction of sp³-hybridized carbons (Fsp3) is 0.0625. The van der Waals surface area contributed by atoms with Crippen LogP contribution in [-0.2, 0) is 0 Å². The molecular weight excluding hydrogens is 284 g/mol.